The van der Waals surface area contributed by atoms with Crippen molar-refractivity contribution in [3.05, 3.63) is 11.2 Å². The molecule has 0 fully saturated rings. The SMILES string of the molecule is CC(=O)C[C@H]1C(Cl)=CN=CN1C. The van der Waals surface area contributed by atoms with Crippen molar-refractivity contribution in [1.29, 1.82) is 0 Å². The average molecular weight is 187 g/mol. The zero-order valence-electron chi connectivity index (χ0n) is 7.12. The van der Waals surface area contributed by atoms with Crippen LogP contribution in [0.25, 0.3) is 0 Å². The van der Waals surface area contributed by atoms with Gasteiger partial charge in [0, 0.05) is 19.7 Å². The minimum absolute atomic E-state index is 0.0262. The Hall–Kier alpha value is -0.830. The number of aliphatic imine (C=N–C) groups is 1. The predicted octanol–water partition coefficient (Wildman–Crippen LogP) is 1.39. The molecule has 0 unspecified atom stereocenters. The van der Waals surface area contributed by atoms with Crippen molar-refractivity contribution in [3.8, 4) is 0 Å². The molecular formula is C8H11ClN2O. The summed E-state index contributed by atoms with van der Waals surface area (Å²) in [4.78, 5) is 16.6. The Balaban J connectivity index is 2.68. The lowest BCUT2D eigenvalue weighted by atomic mass is 10.1. The quantitative estimate of drug-likeness (QED) is 0.653. The Morgan fingerprint density at radius 3 is 3.00 bits per heavy atom. The maximum absolute atomic E-state index is 10.8. The summed E-state index contributed by atoms with van der Waals surface area (Å²) in [6.45, 7) is 1.56. The average Bonchev–Trinajstić information content (AvgIpc) is 1.97. The van der Waals surface area contributed by atoms with Crippen molar-refractivity contribution < 1.29 is 4.79 Å². The van der Waals surface area contributed by atoms with Crippen molar-refractivity contribution in [2.24, 2.45) is 4.99 Å². The largest absolute Gasteiger partial charge is 0.357 e. The van der Waals surface area contributed by atoms with Gasteiger partial charge < -0.3 is 4.90 Å². The van der Waals surface area contributed by atoms with Crippen LogP contribution < -0.4 is 0 Å². The highest BCUT2D eigenvalue weighted by Crippen LogP contribution is 2.19. The molecule has 12 heavy (non-hydrogen) atoms. The molecule has 0 aromatic carbocycles. The smallest absolute Gasteiger partial charge is 0.132 e. The van der Waals surface area contributed by atoms with Crippen molar-refractivity contribution in [2.75, 3.05) is 7.05 Å². The highest BCUT2D eigenvalue weighted by molar-refractivity contribution is 6.30. The lowest BCUT2D eigenvalue weighted by Crippen LogP contribution is -2.34. The summed E-state index contributed by atoms with van der Waals surface area (Å²) >= 11 is 5.88. The van der Waals surface area contributed by atoms with Crippen LogP contribution in [0.1, 0.15) is 13.3 Å². The fraction of sp³-hybridized carbons (Fsp3) is 0.500. The second-order valence-electron chi connectivity index (χ2n) is 2.87. The van der Waals surface area contributed by atoms with Crippen LogP contribution in [0.15, 0.2) is 16.2 Å². The summed E-state index contributed by atoms with van der Waals surface area (Å²) in [7, 11) is 1.85. The molecule has 1 rings (SSSR count). The molecule has 0 N–H and O–H groups in total. The minimum atomic E-state index is -0.0262. The molecule has 0 bridgehead atoms. The molecule has 3 nitrogen and oxygen atoms in total. The number of carbonyl (C=O) groups is 1. The van der Waals surface area contributed by atoms with Crippen LogP contribution >= 0.6 is 11.6 Å². The van der Waals surface area contributed by atoms with Crippen molar-refractivity contribution >= 4 is 23.7 Å². The van der Waals surface area contributed by atoms with Gasteiger partial charge in [0.15, 0.2) is 0 Å². The van der Waals surface area contributed by atoms with E-state index in [1.165, 1.54) is 0 Å². The van der Waals surface area contributed by atoms with Crippen LogP contribution in [0.4, 0.5) is 0 Å². The van der Waals surface area contributed by atoms with Gasteiger partial charge in [-0.25, -0.2) is 4.99 Å². The molecule has 0 aromatic heterocycles. The van der Waals surface area contributed by atoms with Crippen molar-refractivity contribution in [1.82, 2.24) is 4.90 Å². The number of Topliss-reactive ketones (excluding diaryl/α,β-unsaturated/α-hetero) is 1. The molecule has 1 atom stereocenters. The highest BCUT2D eigenvalue weighted by atomic mass is 35.5. The summed E-state index contributed by atoms with van der Waals surface area (Å²) in [5.41, 5.74) is 0. The van der Waals surface area contributed by atoms with Crippen LogP contribution in [0.5, 0.6) is 0 Å². The number of likely N-dealkylation sites (N-methyl/N-ethyl adjacent to an activating group) is 1. The molecule has 4 heteroatoms. The summed E-state index contributed by atoms with van der Waals surface area (Å²) in [5, 5.41) is 0.621. The first-order chi connectivity index (χ1) is 5.61. The molecule has 0 aliphatic carbocycles. The van der Waals surface area contributed by atoms with Gasteiger partial charge in [0.05, 0.1) is 17.4 Å². The molecule has 0 saturated heterocycles. The molecule has 1 heterocycles. The number of carbonyl (C=O) groups excluding carboxylic acids is 1. The normalized spacial score (nSPS) is 22.4. The van der Waals surface area contributed by atoms with E-state index in [2.05, 4.69) is 4.99 Å². The van der Waals surface area contributed by atoms with E-state index in [9.17, 15) is 4.79 Å². The lowest BCUT2D eigenvalue weighted by molar-refractivity contribution is -0.117. The highest BCUT2D eigenvalue weighted by Gasteiger charge is 2.20. The fourth-order valence-electron chi connectivity index (χ4n) is 1.08. The topological polar surface area (TPSA) is 32.7 Å². The van der Waals surface area contributed by atoms with Crippen LogP contribution in [0.2, 0.25) is 0 Å². The molecule has 0 saturated carbocycles. The third-order valence-electron chi connectivity index (χ3n) is 1.74. The van der Waals surface area contributed by atoms with Gasteiger partial charge in [-0.05, 0) is 6.92 Å². The van der Waals surface area contributed by atoms with Gasteiger partial charge in [0.1, 0.15) is 5.78 Å². The Morgan fingerprint density at radius 2 is 2.50 bits per heavy atom. The first-order valence-electron chi connectivity index (χ1n) is 3.71. The maximum Gasteiger partial charge on any atom is 0.132 e. The zero-order chi connectivity index (χ0) is 9.14. The second kappa shape index (κ2) is 3.72. The van der Waals surface area contributed by atoms with E-state index in [0.29, 0.717) is 11.5 Å². The molecule has 0 aromatic rings. The number of hydrogen-bond donors (Lipinski definition) is 0. The number of nitrogens with zero attached hydrogens (tertiary/aromatic N) is 2. The number of rotatable bonds is 2. The third-order valence-corrected chi connectivity index (χ3v) is 2.09. The fourth-order valence-corrected chi connectivity index (χ4v) is 1.37. The lowest BCUT2D eigenvalue weighted by Gasteiger charge is -2.26. The first kappa shape index (κ1) is 9.26. The van der Waals surface area contributed by atoms with Crippen LogP contribution in [0, 0.1) is 0 Å². The minimum Gasteiger partial charge on any atom is -0.357 e. The summed E-state index contributed by atoms with van der Waals surface area (Å²) in [6, 6.07) is -0.0262. The second-order valence-corrected chi connectivity index (χ2v) is 3.30. The van der Waals surface area contributed by atoms with Gasteiger partial charge in [0.25, 0.3) is 0 Å². The van der Waals surface area contributed by atoms with E-state index in [4.69, 9.17) is 11.6 Å². The van der Waals surface area contributed by atoms with Gasteiger partial charge in [0.2, 0.25) is 0 Å². The Morgan fingerprint density at radius 1 is 1.83 bits per heavy atom. The Bertz CT molecular complexity index is 247. The predicted molar refractivity (Wildman–Crippen MR) is 49.3 cm³/mol. The van der Waals surface area contributed by atoms with Gasteiger partial charge in [-0.15, -0.1) is 0 Å². The van der Waals surface area contributed by atoms with E-state index in [-0.39, 0.29) is 11.8 Å². The maximum atomic E-state index is 10.8. The van der Waals surface area contributed by atoms with Crippen molar-refractivity contribution in [3.63, 3.8) is 0 Å². The van der Waals surface area contributed by atoms with Gasteiger partial charge in [-0.1, -0.05) is 11.6 Å². The molecule has 66 valence electrons. The Labute approximate surface area is 76.7 Å². The molecule has 0 spiro atoms. The van der Waals surface area contributed by atoms with Crippen LogP contribution in [0.3, 0.4) is 0 Å². The molecule has 0 amide bonds. The van der Waals surface area contributed by atoms with Gasteiger partial charge in [-0.2, -0.15) is 0 Å². The number of ketones is 1. The molecule has 1 aliphatic rings. The van der Waals surface area contributed by atoms with Gasteiger partial charge >= 0.3 is 0 Å². The van der Waals surface area contributed by atoms with Crippen LogP contribution in [-0.2, 0) is 4.79 Å². The van der Waals surface area contributed by atoms with E-state index in [1.54, 1.807) is 19.5 Å². The van der Waals surface area contributed by atoms with E-state index in [0.717, 1.165) is 0 Å². The standard InChI is InChI=1S/C8H11ClN2O/c1-6(12)3-8-7(9)4-10-5-11(8)2/h4-5,8H,3H2,1-2H3/t8-/m0/s1. The summed E-state index contributed by atoms with van der Waals surface area (Å²) in [6.07, 6.45) is 3.69. The number of hydrogen-bond acceptors (Lipinski definition) is 3. The molecule has 0 radical (unpaired) electrons. The summed E-state index contributed by atoms with van der Waals surface area (Å²) < 4.78 is 0. The number of halogens is 1. The van der Waals surface area contributed by atoms with Crippen LogP contribution in [-0.4, -0.2) is 30.1 Å². The Kier molecular flexibility index (Phi) is 2.87. The third kappa shape index (κ3) is 2.08. The monoisotopic (exact) mass is 186 g/mol. The van der Waals surface area contributed by atoms with Crippen molar-refractivity contribution in [2.45, 2.75) is 19.4 Å². The van der Waals surface area contributed by atoms with Gasteiger partial charge in [-0.3, -0.25) is 4.79 Å². The summed E-state index contributed by atoms with van der Waals surface area (Å²) in [5.74, 6) is 0.133. The van der Waals surface area contributed by atoms with E-state index < -0.39 is 0 Å². The van der Waals surface area contributed by atoms with E-state index in [1.807, 2.05) is 11.9 Å². The zero-order valence-corrected chi connectivity index (χ0v) is 7.88. The molecule has 1 aliphatic heterocycles. The van der Waals surface area contributed by atoms with E-state index >= 15 is 0 Å². The molecular weight excluding hydrogens is 176 g/mol. The first-order valence-corrected chi connectivity index (χ1v) is 4.09.